The summed E-state index contributed by atoms with van der Waals surface area (Å²) in [5, 5.41) is 3.20. The molecule has 0 amide bonds. The molecular formula is C14H21FN2O. The first-order chi connectivity index (χ1) is 8.70. The van der Waals surface area contributed by atoms with Crippen LogP contribution >= 0.6 is 0 Å². The lowest BCUT2D eigenvalue weighted by atomic mass is 10.1. The number of hydrogen-bond donors (Lipinski definition) is 1. The van der Waals surface area contributed by atoms with Crippen LogP contribution in [0.2, 0.25) is 0 Å². The molecule has 1 fully saturated rings. The molecule has 4 heteroatoms. The number of ether oxygens (including phenoxy) is 1. The van der Waals surface area contributed by atoms with Gasteiger partial charge in [-0.25, -0.2) is 4.39 Å². The third-order valence-electron chi connectivity index (χ3n) is 3.17. The Labute approximate surface area is 108 Å². The van der Waals surface area contributed by atoms with Gasteiger partial charge in [0.15, 0.2) is 0 Å². The molecule has 0 radical (unpaired) electrons. The van der Waals surface area contributed by atoms with E-state index < -0.39 is 0 Å². The summed E-state index contributed by atoms with van der Waals surface area (Å²) < 4.78 is 19.6. The quantitative estimate of drug-likeness (QED) is 0.888. The Hall–Kier alpha value is -1.13. The number of morpholine rings is 1. The van der Waals surface area contributed by atoms with Gasteiger partial charge < -0.3 is 15.0 Å². The smallest absolute Gasteiger partial charge is 0.146 e. The molecule has 0 aromatic heterocycles. The molecule has 2 rings (SSSR count). The average molecular weight is 252 g/mol. The van der Waals surface area contributed by atoms with E-state index in [0.29, 0.717) is 18.8 Å². The fourth-order valence-corrected chi connectivity index (χ4v) is 2.22. The molecule has 0 spiro atoms. The van der Waals surface area contributed by atoms with Gasteiger partial charge in [0.1, 0.15) is 5.82 Å². The predicted octanol–water partition coefficient (Wildman–Crippen LogP) is 2.16. The Morgan fingerprint density at radius 3 is 3.00 bits per heavy atom. The van der Waals surface area contributed by atoms with Crippen molar-refractivity contribution in [1.82, 2.24) is 5.32 Å². The second kappa shape index (κ2) is 6.16. The molecule has 100 valence electrons. The molecule has 0 aliphatic carbocycles. The number of rotatable bonds is 4. The van der Waals surface area contributed by atoms with Crippen LogP contribution in [0.3, 0.4) is 0 Å². The second-order valence-corrected chi connectivity index (χ2v) is 4.69. The monoisotopic (exact) mass is 252 g/mol. The van der Waals surface area contributed by atoms with E-state index in [4.69, 9.17) is 4.74 Å². The maximum absolute atomic E-state index is 14.1. The normalized spacial score (nSPS) is 20.2. The minimum atomic E-state index is -0.139. The molecule has 1 aliphatic heterocycles. The molecule has 3 nitrogen and oxygen atoms in total. The maximum Gasteiger partial charge on any atom is 0.146 e. The third kappa shape index (κ3) is 3.21. The van der Waals surface area contributed by atoms with Crippen molar-refractivity contribution in [3.05, 3.63) is 29.6 Å². The molecule has 1 aromatic rings. The van der Waals surface area contributed by atoms with E-state index in [1.54, 1.807) is 6.07 Å². The minimum Gasteiger partial charge on any atom is -0.375 e. The van der Waals surface area contributed by atoms with Crippen molar-refractivity contribution in [3.63, 3.8) is 0 Å². The van der Waals surface area contributed by atoms with E-state index in [-0.39, 0.29) is 11.9 Å². The molecule has 1 aliphatic rings. The molecule has 1 heterocycles. The Bertz CT molecular complexity index is 397. The number of nitrogens with one attached hydrogen (secondary N) is 1. The van der Waals surface area contributed by atoms with Crippen molar-refractivity contribution in [2.24, 2.45) is 0 Å². The highest BCUT2D eigenvalue weighted by molar-refractivity contribution is 5.49. The zero-order valence-corrected chi connectivity index (χ0v) is 11.1. The standard InChI is InChI=1S/C14H21FN2O/c1-3-16-9-12-4-5-14(13(15)8-12)17-6-7-18-11(2)10-17/h4-5,8,11,16H,3,6-7,9-10H2,1-2H3. The van der Waals surface area contributed by atoms with E-state index >= 15 is 0 Å². The lowest BCUT2D eigenvalue weighted by Gasteiger charge is -2.33. The van der Waals surface area contributed by atoms with Crippen molar-refractivity contribution in [2.45, 2.75) is 26.5 Å². The van der Waals surface area contributed by atoms with Gasteiger partial charge in [0.05, 0.1) is 18.4 Å². The highest BCUT2D eigenvalue weighted by atomic mass is 19.1. The number of benzene rings is 1. The summed E-state index contributed by atoms with van der Waals surface area (Å²) >= 11 is 0. The fourth-order valence-electron chi connectivity index (χ4n) is 2.22. The molecule has 1 aromatic carbocycles. The van der Waals surface area contributed by atoms with Gasteiger partial charge in [-0.15, -0.1) is 0 Å². The van der Waals surface area contributed by atoms with E-state index in [2.05, 4.69) is 10.2 Å². The van der Waals surface area contributed by atoms with Crippen LogP contribution in [0.1, 0.15) is 19.4 Å². The summed E-state index contributed by atoms with van der Waals surface area (Å²) in [6, 6.07) is 5.49. The van der Waals surface area contributed by atoms with Crippen molar-refractivity contribution in [2.75, 3.05) is 31.1 Å². The van der Waals surface area contributed by atoms with Crippen molar-refractivity contribution in [3.8, 4) is 0 Å². The molecule has 18 heavy (non-hydrogen) atoms. The lowest BCUT2D eigenvalue weighted by Crippen LogP contribution is -2.41. The lowest BCUT2D eigenvalue weighted by molar-refractivity contribution is 0.0530. The van der Waals surface area contributed by atoms with Crippen LogP contribution in [-0.4, -0.2) is 32.3 Å². The zero-order chi connectivity index (χ0) is 13.0. The number of hydrogen-bond acceptors (Lipinski definition) is 3. The van der Waals surface area contributed by atoms with E-state index in [1.807, 2.05) is 26.0 Å². The Balaban J connectivity index is 2.08. The van der Waals surface area contributed by atoms with E-state index in [9.17, 15) is 4.39 Å². The summed E-state index contributed by atoms with van der Waals surface area (Å²) in [5.74, 6) is -0.139. The van der Waals surface area contributed by atoms with Crippen LogP contribution in [0, 0.1) is 5.82 Å². The van der Waals surface area contributed by atoms with Crippen LogP contribution in [0.4, 0.5) is 10.1 Å². The fraction of sp³-hybridized carbons (Fsp3) is 0.571. The third-order valence-corrected chi connectivity index (χ3v) is 3.17. The van der Waals surface area contributed by atoms with Crippen LogP contribution in [0.5, 0.6) is 0 Å². The highest BCUT2D eigenvalue weighted by Gasteiger charge is 2.19. The van der Waals surface area contributed by atoms with Gasteiger partial charge in [0.2, 0.25) is 0 Å². The van der Waals surface area contributed by atoms with Crippen LogP contribution < -0.4 is 10.2 Å². The first-order valence-corrected chi connectivity index (χ1v) is 6.56. The van der Waals surface area contributed by atoms with Gasteiger partial charge >= 0.3 is 0 Å². The summed E-state index contributed by atoms with van der Waals surface area (Å²) in [6.07, 6.45) is 0.166. The van der Waals surface area contributed by atoms with Crippen molar-refractivity contribution < 1.29 is 9.13 Å². The molecule has 1 saturated heterocycles. The van der Waals surface area contributed by atoms with Crippen molar-refractivity contribution >= 4 is 5.69 Å². The van der Waals surface area contributed by atoms with Gasteiger partial charge in [-0.05, 0) is 31.2 Å². The second-order valence-electron chi connectivity index (χ2n) is 4.69. The largest absolute Gasteiger partial charge is 0.375 e. The Kier molecular flexibility index (Phi) is 4.55. The molecular weight excluding hydrogens is 231 g/mol. The van der Waals surface area contributed by atoms with Gasteiger partial charge in [-0.1, -0.05) is 13.0 Å². The molecule has 1 unspecified atom stereocenters. The molecule has 1 N–H and O–H groups in total. The molecule has 0 saturated carbocycles. The van der Waals surface area contributed by atoms with E-state index in [0.717, 1.165) is 25.2 Å². The van der Waals surface area contributed by atoms with E-state index in [1.165, 1.54) is 0 Å². The maximum atomic E-state index is 14.1. The molecule has 0 bridgehead atoms. The Morgan fingerprint density at radius 2 is 2.33 bits per heavy atom. The van der Waals surface area contributed by atoms with Gasteiger partial charge in [0.25, 0.3) is 0 Å². The number of halogens is 1. The molecule has 1 atom stereocenters. The first-order valence-electron chi connectivity index (χ1n) is 6.56. The predicted molar refractivity (Wildman–Crippen MR) is 71.4 cm³/mol. The SMILES string of the molecule is CCNCc1ccc(N2CCOC(C)C2)c(F)c1. The number of anilines is 1. The average Bonchev–Trinajstić information content (AvgIpc) is 2.36. The zero-order valence-electron chi connectivity index (χ0n) is 11.1. The summed E-state index contributed by atoms with van der Waals surface area (Å²) in [6.45, 7) is 7.85. The van der Waals surface area contributed by atoms with Gasteiger partial charge in [-0.3, -0.25) is 0 Å². The topological polar surface area (TPSA) is 24.5 Å². The summed E-state index contributed by atoms with van der Waals surface area (Å²) in [4.78, 5) is 2.06. The van der Waals surface area contributed by atoms with Gasteiger partial charge in [-0.2, -0.15) is 0 Å². The summed E-state index contributed by atoms with van der Waals surface area (Å²) in [5.41, 5.74) is 1.67. The van der Waals surface area contributed by atoms with Crippen LogP contribution in [-0.2, 0) is 11.3 Å². The van der Waals surface area contributed by atoms with Crippen molar-refractivity contribution in [1.29, 1.82) is 0 Å². The minimum absolute atomic E-state index is 0.139. The Morgan fingerprint density at radius 1 is 1.50 bits per heavy atom. The van der Waals surface area contributed by atoms with Gasteiger partial charge in [0, 0.05) is 19.6 Å². The number of nitrogens with zero attached hydrogens (tertiary/aromatic N) is 1. The first kappa shape index (κ1) is 13.3. The van der Waals surface area contributed by atoms with Crippen LogP contribution in [0.15, 0.2) is 18.2 Å². The summed E-state index contributed by atoms with van der Waals surface area (Å²) in [7, 11) is 0. The van der Waals surface area contributed by atoms with Crippen LogP contribution in [0.25, 0.3) is 0 Å². The highest BCUT2D eigenvalue weighted by Crippen LogP contribution is 2.22.